The van der Waals surface area contributed by atoms with Crippen LogP contribution in [-0.4, -0.2) is 61.1 Å². The zero-order valence-corrected chi connectivity index (χ0v) is 21.6. The third kappa shape index (κ3) is 10.3. The number of aliphatic carboxylic acids is 1. The average Bonchev–Trinajstić information content (AvgIpc) is 2.91. The van der Waals surface area contributed by atoms with Crippen LogP contribution in [0, 0.1) is 11.6 Å². The summed E-state index contributed by atoms with van der Waals surface area (Å²) in [5.41, 5.74) is 1.56. The van der Waals surface area contributed by atoms with Gasteiger partial charge in [-0.05, 0) is 54.4 Å². The molecule has 3 rings (SSSR count). The van der Waals surface area contributed by atoms with E-state index < -0.39 is 24.0 Å². The number of hydrogen-bond acceptors (Lipinski definition) is 6. The SMILES string of the molecule is CCOC(Cc1ccc(OCCN(CCOCc2ccc(F)cc2)C(=O)Oc2cccc(F)c2)cc1)C(=O)O. The first kappa shape index (κ1) is 29.5. The number of benzene rings is 3. The molecule has 1 amide bonds. The first-order valence-electron chi connectivity index (χ1n) is 12.4. The number of carboxylic acids is 1. The number of nitrogens with zero attached hydrogens (tertiary/aromatic N) is 1. The van der Waals surface area contributed by atoms with Gasteiger partial charge in [0.25, 0.3) is 0 Å². The van der Waals surface area contributed by atoms with E-state index in [2.05, 4.69) is 0 Å². The van der Waals surface area contributed by atoms with E-state index >= 15 is 0 Å². The molecule has 208 valence electrons. The van der Waals surface area contributed by atoms with Crippen LogP contribution in [-0.2, 0) is 27.3 Å². The average molecular weight is 544 g/mol. The van der Waals surface area contributed by atoms with Crippen LogP contribution in [0.1, 0.15) is 18.1 Å². The van der Waals surface area contributed by atoms with Crippen molar-refractivity contribution in [2.24, 2.45) is 0 Å². The Morgan fingerprint density at radius 3 is 2.23 bits per heavy atom. The third-order valence-corrected chi connectivity index (χ3v) is 5.56. The molecule has 39 heavy (non-hydrogen) atoms. The lowest BCUT2D eigenvalue weighted by Crippen LogP contribution is -2.39. The number of carbonyl (C=O) groups excluding carboxylic acids is 1. The van der Waals surface area contributed by atoms with Gasteiger partial charge in [0.1, 0.15) is 29.7 Å². The molecule has 0 saturated carbocycles. The predicted molar refractivity (Wildman–Crippen MR) is 139 cm³/mol. The van der Waals surface area contributed by atoms with E-state index in [9.17, 15) is 23.5 Å². The Morgan fingerprint density at radius 1 is 0.872 bits per heavy atom. The summed E-state index contributed by atoms with van der Waals surface area (Å²) >= 11 is 0. The van der Waals surface area contributed by atoms with Crippen LogP contribution in [0.3, 0.4) is 0 Å². The van der Waals surface area contributed by atoms with Crippen LogP contribution in [0.25, 0.3) is 0 Å². The quantitative estimate of drug-likeness (QED) is 0.267. The summed E-state index contributed by atoms with van der Waals surface area (Å²) in [6, 6.07) is 18.1. The van der Waals surface area contributed by atoms with Gasteiger partial charge in [0, 0.05) is 25.6 Å². The maximum atomic E-state index is 13.5. The zero-order chi connectivity index (χ0) is 28.0. The highest BCUT2D eigenvalue weighted by molar-refractivity contribution is 5.72. The molecule has 3 aromatic rings. The molecule has 0 aliphatic rings. The summed E-state index contributed by atoms with van der Waals surface area (Å²) < 4.78 is 48.5. The number of rotatable bonds is 15. The van der Waals surface area contributed by atoms with Crippen molar-refractivity contribution >= 4 is 12.1 Å². The van der Waals surface area contributed by atoms with E-state index in [4.69, 9.17) is 18.9 Å². The van der Waals surface area contributed by atoms with Crippen LogP contribution < -0.4 is 9.47 Å². The first-order valence-corrected chi connectivity index (χ1v) is 12.4. The van der Waals surface area contributed by atoms with Crippen molar-refractivity contribution in [2.45, 2.75) is 26.1 Å². The van der Waals surface area contributed by atoms with E-state index in [1.54, 1.807) is 43.3 Å². The zero-order valence-electron chi connectivity index (χ0n) is 21.6. The predicted octanol–water partition coefficient (Wildman–Crippen LogP) is 5.09. The van der Waals surface area contributed by atoms with Crippen molar-refractivity contribution < 1.29 is 42.4 Å². The molecule has 8 nitrogen and oxygen atoms in total. The van der Waals surface area contributed by atoms with Gasteiger partial charge in [0.15, 0.2) is 6.10 Å². The Kier molecular flexibility index (Phi) is 11.7. The monoisotopic (exact) mass is 543 g/mol. The van der Waals surface area contributed by atoms with Crippen LogP contribution in [0.5, 0.6) is 11.5 Å². The smallest absolute Gasteiger partial charge is 0.415 e. The molecule has 0 saturated heterocycles. The minimum Gasteiger partial charge on any atom is -0.492 e. The van der Waals surface area contributed by atoms with Gasteiger partial charge in [-0.3, -0.25) is 0 Å². The molecule has 0 bridgehead atoms. The molecule has 0 radical (unpaired) electrons. The van der Waals surface area contributed by atoms with Crippen molar-refractivity contribution in [3.8, 4) is 11.5 Å². The molecule has 0 aromatic heterocycles. The van der Waals surface area contributed by atoms with Gasteiger partial charge in [-0.25, -0.2) is 18.4 Å². The summed E-state index contributed by atoms with van der Waals surface area (Å²) in [6.07, 6.45) is -1.40. The van der Waals surface area contributed by atoms with Crippen LogP contribution in [0.15, 0.2) is 72.8 Å². The fourth-order valence-electron chi connectivity index (χ4n) is 3.56. The van der Waals surface area contributed by atoms with Gasteiger partial charge >= 0.3 is 12.1 Å². The summed E-state index contributed by atoms with van der Waals surface area (Å²) in [4.78, 5) is 25.5. The Labute approximate surface area is 225 Å². The fraction of sp³-hybridized carbons (Fsp3) is 0.310. The largest absolute Gasteiger partial charge is 0.492 e. The van der Waals surface area contributed by atoms with Gasteiger partial charge in [-0.2, -0.15) is 0 Å². The second-order valence-electron chi connectivity index (χ2n) is 8.47. The number of halogens is 2. The second kappa shape index (κ2) is 15.4. The number of carbonyl (C=O) groups is 2. The highest BCUT2D eigenvalue weighted by Crippen LogP contribution is 2.16. The lowest BCUT2D eigenvalue weighted by atomic mass is 10.1. The van der Waals surface area contributed by atoms with E-state index in [-0.39, 0.29) is 50.9 Å². The maximum Gasteiger partial charge on any atom is 0.415 e. The second-order valence-corrected chi connectivity index (χ2v) is 8.47. The molecule has 1 unspecified atom stereocenters. The fourth-order valence-corrected chi connectivity index (χ4v) is 3.56. The number of hydrogen-bond donors (Lipinski definition) is 1. The molecule has 1 atom stereocenters. The number of carboxylic acid groups (broad SMARTS) is 1. The van der Waals surface area contributed by atoms with E-state index in [1.807, 2.05) is 0 Å². The lowest BCUT2D eigenvalue weighted by molar-refractivity contribution is -0.149. The Balaban J connectivity index is 1.54. The Morgan fingerprint density at radius 2 is 1.56 bits per heavy atom. The molecule has 0 aliphatic carbocycles. The summed E-state index contributed by atoms with van der Waals surface area (Å²) in [6.45, 7) is 2.91. The van der Waals surface area contributed by atoms with Crippen molar-refractivity contribution in [1.82, 2.24) is 4.90 Å². The summed E-state index contributed by atoms with van der Waals surface area (Å²) in [5, 5.41) is 9.25. The van der Waals surface area contributed by atoms with Gasteiger partial charge in [-0.15, -0.1) is 0 Å². The van der Waals surface area contributed by atoms with Crippen LogP contribution in [0.2, 0.25) is 0 Å². The van der Waals surface area contributed by atoms with Crippen molar-refractivity contribution in [2.75, 3.05) is 32.9 Å². The minimum absolute atomic E-state index is 0.0699. The maximum absolute atomic E-state index is 13.5. The Bertz CT molecular complexity index is 1190. The third-order valence-electron chi connectivity index (χ3n) is 5.56. The van der Waals surface area contributed by atoms with E-state index in [0.29, 0.717) is 12.4 Å². The molecular weight excluding hydrogens is 512 g/mol. The van der Waals surface area contributed by atoms with Crippen LogP contribution in [0.4, 0.5) is 13.6 Å². The molecule has 0 heterocycles. The molecule has 0 aliphatic heterocycles. The van der Waals surface area contributed by atoms with Crippen molar-refractivity contribution in [1.29, 1.82) is 0 Å². The van der Waals surface area contributed by atoms with Gasteiger partial charge < -0.3 is 29.0 Å². The minimum atomic E-state index is -1.02. The highest BCUT2D eigenvalue weighted by Gasteiger charge is 2.19. The molecular formula is C29H31F2NO7. The lowest BCUT2D eigenvalue weighted by Gasteiger charge is -2.22. The van der Waals surface area contributed by atoms with Gasteiger partial charge in [0.05, 0.1) is 19.8 Å². The molecule has 3 aromatic carbocycles. The van der Waals surface area contributed by atoms with Gasteiger partial charge in [-0.1, -0.05) is 30.3 Å². The first-order chi connectivity index (χ1) is 18.8. The summed E-state index contributed by atoms with van der Waals surface area (Å²) in [5.74, 6) is -1.29. The highest BCUT2D eigenvalue weighted by atomic mass is 19.1. The van der Waals surface area contributed by atoms with Gasteiger partial charge in [0.2, 0.25) is 0 Å². The molecule has 0 spiro atoms. The van der Waals surface area contributed by atoms with Crippen molar-refractivity contribution in [3.63, 3.8) is 0 Å². The van der Waals surface area contributed by atoms with Crippen LogP contribution >= 0.6 is 0 Å². The standard InChI is InChI=1S/C29H31F2NO7/c1-2-37-27(28(33)34)18-21-8-12-25(13-9-21)38-17-15-32(29(35)39-26-5-3-4-24(31)19-26)14-16-36-20-22-6-10-23(30)11-7-22/h3-13,19,27H,2,14-18,20H2,1H3,(H,33,34). The number of amides is 1. The van der Waals surface area contributed by atoms with E-state index in [1.165, 1.54) is 35.2 Å². The number of ether oxygens (including phenoxy) is 4. The topological polar surface area (TPSA) is 94.5 Å². The summed E-state index contributed by atoms with van der Waals surface area (Å²) in [7, 11) is 0. The van der Waals surface area contributed by atoms with Crippen molar-refractivity contribution in [3.05, 3.63) is 95.6 Å². The molecule has 0 fully saturated rings. The molecule has 1 N–H and O–H groups in total. The normalized spacial score (nSPS) is 11.6. The molecule has 10 heteroatoms. The van der Waals surface area contributed by atoms with E-state index in [0.717, 1.165) is 17.2 Å². The Hall–Kier alpha value is -4.02.